The van der Waals surface area contributed by atoms with Gasteiger partial charge in [-0.3, -0.25) is 14.4 Å². The van der Waals surface area contributed by atoms with Gasteiger partial charge in [-0.15, -0.1) is 0 Å². The maximum Gasteiger partial charge on any atom is 0.335 e. The maximum atomic E-state index is 14.5. The summed E-state index contributed by atoms with van der Waals surface area (Å²) >= 11 is 0. The summed E-state index contributed by atoms with van der Waals surface area (Å²) in [7, 11) is 0. The predicted octanol–water partition coefficient (Wildman–Crippen LogP) is 7.01. The molecule has 0 bridgehead atoms. The van der Waals surface area contributed by atoms with E-state index in [9.17, 15) is 24.3 Å². The van der Waals surface area contributed by atoms with Crippen molar-refractivity contribution in [1.29, 1.82) is 0 Å². The maximum absolute atomic E-state index is 14.5. The monoisotopic (exact) mass is 710 g/mol. The minimum Gasteiger partial charge on any atom is -0.478 e. The number of carboxylic acid groups (broad SMARTS) is 1. The van der Waals surface area contributed by atoms with Crippen molar-refractivity contribution in [2.24, 2.45) is 38.8 Å². The zero-order chi connectivity index (χ0) is 36.8. The predicted molar refractivity (Wildman–Crippen MR) is 189 cm³/mol. The molecule has 2 N–H and O–H groups in total. The number of carboxylic acids is 1. The molecule has 11 heteroatoms. The molecule has 9 atom stereocenters. The molecule has 2 aromatic rings. The van der Waals surface area contributed by atoms with E-state index >= 15 is 0 Å². The molecule has 1 aliphatic heterocycles. The third-order valence-corrected chi connectivity index (χ3v) is 12.6. The molecular formula is C41H46N2O9. The Hall–Kier alpha value is -4.32. The number of aromatic carboxylic acids is 1. The van der Waals surface area contributed by atoms with Crippen molar-refractivity contribution in [3.63, 3.8) is 0 Å². The lowest BCUT2D eigenvalue weighted by atomic mass is 9.46. The van der Waals surface area contributed by atoms with E-state index in [-0.39, 0.29) is 41.3 Å². The van der Waals surface area contributed by atoms with E-state index in [2.05, 4.69) is 24.1 Å². The summed E-state index contributed by atoms with van der Waals surface area (Å²) in [6.07, 6.45) is 7.71. The Morgan fingerprint density at radius 1 is 1.06 bits per heavy atom. The van der Waals surface area contributed by atoms with Crippen molar-refractivity contribution in [3.8, 4) is 0 Å². The highest BCUT2D eigenvalue weighted by atomic mass is 16.7. The Bertz CT molecular complexity index is 1850. The third-order valence-electron chi connectivity index (χ3n) is 12.6. The van der Waals surface area contributed by atoms with Gasteiger partial charge >= 0.3 is 11.9 Å². The topological polar surface area (TPSA) is 161 Å². The van der Waals surface area contributed by atoms with Gasteiger partial charge in [-0.05, 0) is 98.4 Å². The first kappa shape index (κ1) is 36.1. The molecule has 4 aliphatic carbocycles. The van der Waals surface area contributed by atoms with Gasteiger partial charge < -0.3 is 24.4 Å². The summed E-state index contributed by atoms with van der Waals surface area (Å²) in [5, 5.41) is 29.6. The van der Waals surface area contributed by atoms with E-state index < -0.39 is 53.5 Å². The van der Waals surface area contributed by atoms with Gasteiger partial charge in [-0.2, -0.15) is 10.2 Å². The molecule has 3 saturated carbocycles. The number of benzene rings is 2. The van der Waals surface area contributed by atoms with E-state index in [1.807, 2.05) is 31.2 Å². The quantitative estimate of drug-likeness (QED) is 0.185. The summed E-state index contributed by atoms with van der Waals surface area (Å²) in [5.74, 6) is -1.91. The van der Waals surface area contributed by atoms with Crippen LogP contribution in [0.5, 0.6) is 0 Å². The van der Waals surface area contributed by atoms with Crippen molar-refractivity contribution >= 4 is 34.9 Å². The lowest BCUT2D eigenvalue weighted by Crippen LogP contribution is -2.63. The number of aryl methyl sites for hydroxylation is 1. The van der Waals surface area contributed by atoms with Gasteiger partial charge in [0.15, 0.2) is 24.3 Å². The van der Waals surface area contributed by atoms with Crippen molar-refractivity contribution in [2.45, 2.75) is 96.2 Å². The molecule has 5 aliphatic rings. The normalized spacial score (nSPS) is 34.6. The molecule has 0 spiro atoms. The Kier molecular flexibility index (Phi) is 9.65. The highest BCUT2D eigenvalue weighted by molar-refractivity contribution is 6.01. The molecule has 0 amide bonds. The SMILES string of the molecule is CCC[C@H]1OC2CC3C4CCC5=CC(=O)C=CC5(C)C4C(O)CC3(C)C2(C(=O)COC(=O)CCc2ccccc2N=Nc2ccc(C(=O)O)cc2)O1. The Morgan fingerprint density at radius 2 is 1.83 bits per heavy atom. The first-order chi connectivity index (χ1) is 24.9. The largest absolute Gasteiger partial charge is 0.478 e. The number of esters is 1. The van der Waals surface area contributed by atoms with E-state index in [1.165, 1.54) is 12.1 Å². The van der Waals surface area contributed by atoms with Gasteiger partial charge in [-0.25, -0.2) is 4.79 Å². The lowest BCUT2D eigenvalue weighted by molar-refractivity contribution is -0.201. The Labute approximate surface area is 303 Å². The van der Waals surface area contributed by atoms with Crippen LogP contribution >= 0.6 is 0 Å². The zero-order valence-corrected chi connectivity index (χ0v) is 29.8. The number of hydrogen-bond donors (Lipinski definition) is 2. The first-order valence-corrected chi connectivity index (χ1v) is 18.4. The van der Waals surface area contributed by atoms with Gasteiger partial charge in [0, 0.05) is 23.2 Å². The molecule has 11 nitrogen and oxygen atoms in total. The number of ether oxygens (including phenoxy) is 3. The summed E-state index contributed by atoms with van der Waals surface area (Å²) in [4.78, 5) is 51.0. The number of ketones is 2. The zero-order valence-electron chi connectivity index (χ0n) is 29.8. The van der Waals surface area contributed by atoms with Crippen LogP contribution in [0.15, 0.2) is 82.6 Å². The van der Waals surface area contributed by atoms with Crippen molar-refractivity contribution < 1.29 is 43.6 Å². The minimum atomic E-state index is -1.37. The summed E-state index contributed by atoms with van der Waals surface area (Å²) in [6.45, 7) is 5.74. The molecule has 8 unspecified atom stereocenters. The van der Waals surface area contributed by atoms with Gasteiger partial charge in [-0.1, -0.05) is 57.0 Å². The molecule has 274 valence electrons. The molecule has 0 aromatic heterocycles. The van der Waals surface area contributed by atoms with Crippen LogP contribution in [0.25, 0.3) is 0 Å². The number of carbonyl (C=O) groups excluding carboxylic acids is 3. The average Bonchev–Trinajstić information content (AvgIpc) is 3.61. The van der Waals surface area contributed by atoms with Crippen LogP contribution in [0.1, 0.15) is 81.6 Å². The number of aliphatic hydroxyl groups is 1. The van der Waals surface area contributed by atoms with E-state index in [4.69, 9.17) is 19.3 Å². The van der Waals surface area contributed by atoms with Crippen molar-refractivity contribution in [3.05, 3.63) is 83.5 Å². The van der Waals surface area contributed by atoms with E-state index in [0.29, 0.717) is 37.1 Å². The van der Waals surface area contributed by atoms with E-state index in [1.54, 1.807) is 30.4 Å². The van der Waals surface area contributed by atoms with Gasteiger partial charge in [0.2, 0.25) is 5.78 Å². The molecule has 0 radical (unpaired) electrons. The van der Waals surface area contributed by atoms with Crippen LogP contribution in [-0.4, -0.2) is 64.4 Å². The number of allylic oxidation sites excluding steroid dienone is 4. The highest BCUT2D eigenvalue weighted by Crippen LogP contribution is 2.69. The number of nitrogens with zero attached hydrogens (tertiary/aromatic N) is 2. The van der Waals surface area contributed by atoms with Gasteiger partial charge in [0.25, 0.3) is 0 Å². The number of aliphatic hydroxyl groups excluding tert-OH is 1. The summed E-state index contributed by atoms with van der Waals surface area (Å²) in [5.41, 5.74) is 0.455. The fourth-order valence-corrected chi connectivity index (χ4v) is 10.2. The molecule has 1 heterocycles. The van der Waals surface area contributed by atoms with E-state index in [0.717, 1.165) is 30.4 Å². The van der Waals surface area contributed by atoms with Crippen LogP contribution in [0.2, 0.25) is 0 Å². The number of carbonyl (C=O) groups is 4. The second kappa shape index (κ2) is 13.9. The van der Waals surface area contributed by atoms with Crippen LogP contribution < -0.4 is 0 Å². The second-order valence-corrected chi connectivity index (χ2v) is 15.4. The highest BCUT2D eigenvalue weighted by Gasteiger charge is 2.75. The Morgan fingerprint density at radius 3 is 2.58 bits per heavy atom. The number of hydrogen-bond acceptors (Lipinski definition) is 10. The molecule has 52 heavy (non-hydrogen) atoms. The van der Waals surface area contributed by atoms with Crippen LogP contribution in [0.4, 0.5) is 11.4 Å². The lowest BCUT2D eigenvalue weighted by Gasteiger charge is -2.59. The van der Waals surface area contributed by atoms with Gasteiger partial charge in [0.05, 0.1) is 29.1 Å². The number of fused-ring (bicyclic) bond motifs is 7. The van der Waals surface area contributed by atoms with Crippen LogP contribution in [0.3, 0.4) is 0 Å². The fraction of sp³-hybridized carbons (Fsp3) is 0.512. The third kappa shape index (κ3) is 6.06. The standard InChI is InChI=1S/C41H46N2O9/c1-4-7-36-51-34-21-30-29-16-13-26-20-28(44)18-19-39(26,2)37(29)32(45)22-40(30,3)41(34,52-36)33(46)23-50-35(47)17-12-24-8-5-6-9-31(24)43-42-27-14-10-25(11-15-27)38(48)49/h5-6,8-11,14-15,18-20,29-30,32,34,36-37,45H,4,7,12-13,16-17,21-23H2,1-3H3,(H,48,49)/t29?,30?,32?,34?,36-,37?,39?,40?,41?/m0/s1. The van der Waals surface area contributed by atoms with Crippen LogP contribution in [-0.2, 0) is 35.0 Å². The second-order valence-electron chi connectivity index (χ2n) is 15.4. The smallest absolute Gasteiger partial charge is 0.335 e. The molecule has 1 saturated heterocycles. The Balaban J connectivity index is 1.05. The molecule has 2 aromatic carbocycles. The molecular weight excluding hydrogens is 664 g/mol. The minimum absolute atomic E-state index is 0.00613. The van der Waals surface area contributed by atoms with Gasteiger partial charge in [0.1, 0.15) is 0 Å². The molecule has 4 fully saturated rings. The van der Waals surface area contributed by atoms with Crippen molar-refractivity contribution in [2.75, 3.05) is 6.61 Å². The number of Topliss-reactive ketones (excluding diaryl/α,β-unsaturated/α-hetero) is 1. The van der Waals surface area contributed by atoms with Crippen LogP contribution in [0, 0.1) is 28.6 Å². The number of azo groups is 1. The van der Waals surface area contributed by atoms with Crippen molar-refractivity contribution in [1.82, 2.24) is 0 Å². The first-order valence-electron chi connectivity index (χ1n) is 18.4. The average molecular weight is 711 g/mol. The summed E-state index contributed by atoms with van der Waals surface area (Å²) in [6, 6.07) is 13.3. The number of rotatable bonds is 11. The fourth-order valence-electron chi connectivity index (χ4n) is 10.2. The molecule has 7 rings (SSSR count). The summed E-state index contributed by atoms with van der Waals surface area (Å²) < 4.78 is 18.8.